The Labute approximate surface area is 169 Å². The third-order valence-electron chi connectivity index (χ3n) is 4.80. The van der Waals surface area contributed by atoms with Crippen LogP contribution in [-0.2, 0) is 15.8 Å². The average molecular weight is 415 g/mol. The monoisotopic (exact) mass is 415 g/mol. The van der Waals surface area contributed by atoms with E-state index in [2.05, 4.69) is 15.4 Å². The van der Waals surface area contributed by atoms with Crippen LogP contribution in [0.15, 0.2) is 61.2 Å². The predicted molar refractivity (Wildman–Crippen MR) is 102 cm³/mol. The van der Waals surface area contributed by atoms with Crippen LogP contribution in [0.3, 0.4) is 0 Å². The molecule has 0 radical (unpaired) electrons. The molecule has 2 amide bonds. The Morgan fingerprint density at radius 1 is 1.10 bits per heavy atom. The standard InChI is InChI=1S/C20H16F3N5O2/c21-20(22,23)14-2-1-3-17(9-14)27-10-13(8-18(27)29)19(30)26-15-4-6-16(7-5-15)28-12-24-11-25-28/h1-7,9,11-13H,8,10H2,(H,26,30). The molecule has 1 unspecified atom stereocenters. The first-order chi connectivity index (χ1) is 14.3. The summed E-state index contributed by atoms with van der Waals surface area (Å²) in [6.07, 6.45) is -1.63. The molecule has 1 aliphatic rings. The molecule has 1 aliphatic heterocycles. The van der Waals surface area contributed by atoms with Gasteiger partial charge in [0.15, 0.2) is 0 Å². The van der Waals surface area contributed by atoms with Crippen LogP contribution in [0, 0.1) is 5.92 Å². The fourth-order valence-electron chi connectivity index (χ4n) is 3.27. The van der Waals surface area contributed by atoms with E-state index in [0.29, 0.717) is 5.69 Å². The summed E-state index contributed by atoms with van der Waals surface area (Å²) < 4.78 is 40.4. The fourth-order valence-corrected chi connectivity index (χ4v) is 3.27. The van der Waals surface area contributed by atoms with Gasteiger partial charge in [-0.1, -0.05) is 6.07 Å². The Morgan fingerprint density at radius 3 is 2.53 bits per heavy atom. The van der Waals surface area contributed by atoms with Gasteiger partial charge < -0.3 is 10.2 Å². The molecule has 1 fully saturated rings. The summed E-state index contributed by atoms with van der Waals surface area (Å²) in [4.78, 5) is 30.0. The first-order valence-electron chi connectivity index (χ1n) is 9.05. The molecule has 0 bridgehead atoms. The summed E-state index contributed by atoms with van der Waals surface area (Å²) in [6.45, 7) is 0.0169. The van der Waals surface area contributed by atoms with Gasteiger partial charge in [0.25, 0.3) is 0 Å². The van der Waals surface area contributed by atoms with Crippen molar-refractivity contribution in [2.45, 2.75) is 12.6 Å². The number of nitrogens with one attached hydrogen (secondary N) is 1. The first-order valence-corrected chi connectivity index (χ1v) is 9.05. The SMILES string of the molecule is O=C(Nc1ccc(-n2cncn2)cc1)C1CC(=O)N(c2cccc(C(F)(F)F)c2)C1. The fraction of sp³-hybridized carbons (Fsp3) is 0.200. The molecule has 1 aromatic heterocycles. The van der Waals surface area contributed by atoms with Crippen molar-refractivity contribution in [1.29, 1.82) is 0 Å². The number of anilines is 2. The quantitative estimate of drug-likeness (QED) is 0.709. The van der Waals surface area contributed by atoms with E-state index in [1.165, 1.54) is 23.4 Å². The molecular weight excluding hydrogens is 399 g/mol. The second kappa shape index (κ2) is 7.62. The summed E-state index contributed by atoms with van der Waals surface area (Å²) in [7, 11) is 0. The van der Waals surface area contributed by atoms with E-state index in [1.807, 2.05) is 0 Å². The Morgan fingerprint density at radius 2 is 1.87 bits per heavy atom. The molecule has 30 heavy (non-hydrogen) atoms. The van der Waals surface area contributed by atoms with Crippen molar-refractivity contribution in [2.75, 3.05) is 16.8 Å². The van der Waals surface area contributed by atoms with E-state index >= 15 is 0 Å². The maximum Gasteiger partial charge on any atom is 0.416 e. The Balaban J connectivity index is 1.43. The molecule has 0 aliphatic carbocycles. The van der Waals surface area contributed by atoms with Crippen molar-refractivity contribution in [3.63, 3.8) is 0 Å². The molecule has 3 aromatic rings. The number of carbonyl (C=O) groups is 2. The van der Waals surface area contributed by atoms with Crippen LogP contribution < -0.4 is 10.2 Å². The van der Waals surface area contributed by atoms with E-state index in [-0.39, 0.29) is 24.6 Å². The van der Waals surface area contributed by atoms with Gasteiger partial charge >= 0.3 is 6.18 Å². The van der Waals surface area contributed by atoms with Crippen LogP contribution in [0.1, 0.15) is 12.0 Å². The number of benzene rings is 2. The van der Waals surface area contributed by atoms with Gasteiger partial charge in [0.2, 0.25) is 11.8 Å². The predicted octanol–water partition coefficient (Wildman–Crippen LogP) is 3.28. The van der Waals surface area contributed by atoms with Gasteiger partial charge in [0.1, 0.15) is 12.7 Å². The molecule has 154 valence electrons. The summed E-state index contributed by atoms with van der Waals surface area (Å²) in [5.74, 6) is -1.43. The number of hydrogen-bond donors (Lipinski definition) is 1. The number of hydrogen-bond acceptors (Lipinski definition) is 4. The van der Waals surface area contributed by atoms with E-state index in [4.69, 9.17) is 0 Å². The van der Waals surface area contributed by atoms with Crippen LogP contribution in [-0.4, -0.2) is 33.1 Å². The molecule has 0 spiro atoms. The third kappa shape index (κ3) is 4.02. The Bertz CT molecular complexity index is 1060. The van der Waals surface area contributed by atoms with E-state index in [9.17, 15) is 22.8 Å². The van der Waals surface area contributed by atoms with Crippen LogP contribution in [0.2, 0.25) is 0 Å². The highest BCUT2D eigenvalue weighted by molar-refractivity contribution is 6.03. The molecule has 7 nitrogen and oxygen atoms in total. The molecule has 1 atom stereocenters. The third-order valence-corrected chi connectivity index (χ3v) is 4.80. The number of halogens is 3. The Hall–Kier alpha value is -3.69. The molecule has 2 heterocycles. The molecule has 1 saturated heterocycles. The molecule has 10 heteroatoms. The molecule has 4 rings (SSSR count). The number of amides is 2. The van der Waals surface area contributed by atoms with Gasteiger partial charge in [-0.05, 0) is 42.5 Å². The van der Waals surface area contributed by atoms with Crippen molar-refractivity contribution in [3.05, 3.63) is 66.7 Å². The van der Waals surface area contributed by atoms with E-state index in [1.54, 1.807) is 35.3 Å². The second-order valence-electron chi connectivity index (χ2n) is 6.83. The number of rotatable bonds is 4. The zero-order chi connectivity index (χ0) is 21.3. The average Bonchev–Trinajstić information content (AvgIpc) is 3.38. The smallest absolute Gasteiger partial charge is 0.326 e. The number of alkyl halides is 3. The lowest BCUT2D eigenvalue weighted by Gasteiger charge is -2.18. The number of nitrogens with zero attached hydrogens (tertiary/aromatic N) is 4. The van der Waals surface area contributed by atoms with Gasteiger partial charge in [-0.2, -0.15) is 18.3 Å². The van der Waals surface area contributed by atoms with Crippen molar-refractivity contribution in [2.24, 2.45) is 5.92 Å². The summed E-state index contributed by atoms with van der Waals surface area (Å²) >= 11 is 0. The van der Waals surface area contributed by atoms with E-state index in [0.717, 1.165) is 17.8 Å². The van der Waals surface area contributed by atoms with E-state index < -0.39 is 23.6 Å². The normalized spacial score (nSPS) is 16.7. The highest BCUT2D eigenvalue weighted by Gasteiger charge is 2.37. The summed E-state index contributed by atoms with van der Waals surface area (Å²) in [6, 6.07) is 11.4. The van der Waals surface area contributed by atoms with Crippen molar-refractivity contribution in [1.82, 2.24) is 14.8 Å². The van der Waals surface area contributed by atoms with Gasteiger partial charge in [-0.15, -0.1) is 0 Å². The maximum atomic E-state index is 12.9. The van der Waals surface area contributed by atoms with Gasteiger partial charge in [0, 0.05) is 24.3 Å². The first kappa shape index (κ1) is 19.6. The van der Waals surface area contributed by atoms with Gasteiger partial charge in [-0.25, -0.2) is 9.67 Å². The lowest BCUT2D eigenvalue weighted by molar-refractivity contribution is -0.137. The molecule has 1 N–H and O–H groups in total. The maximum absolute atomic E-state index is 12.9. The zero-order valence-corrected chi connectivity index (χ0v) is 15.5. The minimum Gasteiger partial charge on any atom is -0.326 e. The topological polar surface area (TPSA) is 80.1 Å². The van der Waals surface area contributed by atoms with Crippen LogP contribution >= 0.6 is 0 Å². The minimum absolute atomic E-state index is 0.0169. The molecule has 2 aromatic carbocycles. The van der Waals surface area contributed by atoms with Gasteiger partial charge in [-0.3, -0.25) is 9.59 Å². The second-order valence-corrected chi connectivity index (χ2v) is 6.83. The molecular formula is C20H16F3N5O2. The van der Waals surface area contributed by atoms with Crippen molar-refractivity contribution < 1.29 is 22.8 Å². The zero-order valence-electron chi connectivity index (χ0n) is 15.5. The Kier molecular flexibility index (Phi) is 4.98. The number of aromatic nitrogens is 3. The lowest BCUT2D eigenvalue weighted by Crippen LogP contribution is -2.28. The lowest BCUT2D eigenvalue weighted by atomic mass is 10.1. The van der Waals surface area contributed by atoms with Crippen molar-refractivity contribution in [3.8, 4) is 5.69 Å². The van der Waals surface area contributed by atoms with Crippen LogP contribution in [0.4, 0.5) is 24.5 Å². The number of carbonyl (C=O) groups excluding carboxylic acids is 2. The molecule has 0 saturated carbocycles. The largest absolute Gasteiger partial charge is 0.416 e. The summed E-state index contributed by atoms with van der Waals surface area (Å²) in [5, 5.41) is 6.75. The van der Waals surface area contributed by atoms with Crippen molar-refractivity contribution >= 4 is 23.2 Å². The minimum atomic E-state index is -4.51. The van der Waals surface area contributed by atoms with Crippen LogP contribution in [0.5, 0.6) is 0 Å². The highest BCUT2D eigenvalue weighted by atomic mass is 19.4. The van der Waals surface area contributed by atoms with Gasteiger partial charge in [0.05, 0.1) is 17.2 Å². The summed E-state index contributed by atoms with van der Waals surface area (Å²) in [5.41, 5.74) is 0.585. The van der Waals surface area contributed by atoms with Crippen LogP contribution in [0.25, 0.3) is 5.69 Å². The highest BCUT2D eigenvalue weighted by Crippen LogP contribution is 2.33.